The van der Waals surface area contributed by atoms with Crippen molar-refractivity contribution in [2.45, 2.75) is 232 Å². The minimum Gasteiger partial charge on any atom is -0.462 e. The summed E-state index contributed by atoms with van der Waals surface area (Å²) in [6, 6.07) is 0. The molecule has 0 aliphatic carbocycles. The van der Waals surface area contributed by atoms with Crippen molar-refractivity contribution in [3.63, 3.8) is 0 Å². The summed E-state index contributed by atoms with van der Waals surface area (Å²) in [5.41, 5.74) is 0. The lowest BCUT2D eigenvalue weighted by Crippen LogP contribution is -2.37. The number of phosphoric ester groups is 1. The van der Waals surface area contributed by atoms with Crippen molar-refractivity contribution in [1.82, 2.24) is 0 Å². The molecule has 398 valence electrons. The highest BCUT2D eigenvalue weighted by Gasteiger charge is 2.27. The highest BCUT2D eigenvalue weighted by atomic mass is 31.2. The van der Waals surface area contributed by atoms with Gasteiger partial charge in [0.15, 0.2) is 6.10 Å². The van der Waals surface area contributed by atoms with E-state index in [1.54, 1.807) is 0 Å². The van der Waals surface area contributed by atoms with Gasteiger partial charge in [-0.25, -0.2) is 4.57 Å². The van der Waals surface area contributed by atoms with Crippen LogP contribution in [0.2, 0.25) is 0 Å². The number of carbonyl (C=O) groups is 2. The molecule has 0 amide bonds. The number of hydrogen-bond donors (Lipinski definition) is 1. The first-order chi connectivity index (χ1) is 33.5. The summed E-state index contributed by atoms with van der Waals surface area (Å²) in [4.78, 5) is 35.5. The maximum Gasteiger partial charge on any atom is 0.472 e. The zero-order chi connectivity index (χ0) is 50.6. The van der Waals surface area contributed by atoms with Crippen molar-refractivity contribution in [2.24, 2.45) is 0 Å². The highest BCUT2D eigenvalue weighted by Crippen LogP contribution is 2.43. The lowest BCUT2D eigenvalue weighted by atomic mass is 10.0. The van der Waals surface area contributed by atoms with Gasteiger partial charge >= 0.3 is 19.8 Å². The molecule has 9 nitrogen and oxygen atoms in total. The molecule has 0 heterocycles. The predicted molar refractivity (Wildman–Crippen MR) is 293 cm³/mol. The van der Waals surface area contributed by atoms with E-state index in [1.807, 2.05) is 21.1 Å². The second-order valence-corrected chi connectivity index (χ2v) is 21.0. The van der Waals surface area contributed by atoms with E-state index in [0.717, 1.165) is 83.5 Å². The molecule has 0 radical (unpaired) electrons. The molecule has 0 aliphatic heterocycles. The Hall–Kier alpha value is -2.81. The van der Waals surface area contributed by atoms with Crippen LogP contribution in [0.3, 0.4) is 0 Å². The number of rotatable bonds is 50. The molecule has 69 heavy (non-hydrogen) atoms. The largest absolute Gasteiger partial charge is 0.472 e. The molecule has 0 saturated heterocycles. The summed E-state index contributed by atoms with van der Waals surface area (Å²) < 4.78 is 34.4. The summed E-state index contributed by atoms with van der Waals surface area (Å²) >= 11 is 0. The van der Waals surface area contributed by atoms with Gasteiger partial charge < -0.3 is 18.9 Å². The van der Waals surface area contributed by atoms with E-state index in [0.29, 0.717) is 17.4 Å². The lowest BCUT2D eigenvalue weighted by Gasteiger charge is -2.24. The minimum atomic E-state index is -4.38. The van der Waals surface area contributed by atoms with E-state index in [4.69, 9.17) is 18.5 Å². The zero-order valence-corrected chi connectivity index (χ0v) is 45.9. The van der Waals surface area contributed by atoms with E-state index >= 15 is 0 Å². The first kappa shape index (κ1) is 66.2. The average molecular weight is 987 g/mol. The molecular formula is C59H105NO8P+. The summed E-state index contributed by atoms with van der Waals surface area (Å²) in [5.74, 6) is -0.800. The van der Waals surface area contributed by atoms with Gasteiger partial charge in [0.2, 0.25) is 0 Å². The molecule has 0 saturated carbocycles. The normalized spacial score (nSPS) is 14.0. The quantitative estimate of drug-likeness (QED) is 0.0211. The van der Waals surface area contributed by atoms with Crippen LogP contribution in [0.25, 0.3) is 0 Å². The average Bonchev–Trinajstić information content (AvgIpc) is 3.31. The number of esters is 2. The van der Waals surface area contributed by atoms with Crippen LogP contribution < -0.4 is 0 Å². The molecule has 10 heteroatoms. The van der Waals surface area contributed by atoms with Crippen LogP contribution in [0.1, 0.15) is 226 Å². The third-order valence-corrected chi connectivity index (χ3v) is 12.7. The lowest BCUT2D eigenvalue weighted by molar-refractivity contribution is -0.870. The third-order valence-electron chi connectivity index (χ3n) is 11.7. The molecule has 2 unspecified atom stereocenters. The number of unbranched alkanes of at least 4 members (excludes halogenated alkanes) is 22. The topological polar surface area (TPSA) is 108 Å². The molecule has 0 bridgehead atoms. The Morgan fingerprint density at radius 3 is 1.23 bits per heavy atom. The smallest absolute Gasteiger partial charge is 0.462 e. The predicted octanol–water partition coefficient (Wildman–Crippen LogP) is 17.1. The van der Waals surface area contributed by atoms with Gasteiger partial charge in [-0.3, -0.25) is 18.6 Å². The molecule has 1 N–H and O–H groups in total. The molecule has 0 rings (SSSR count). The minimum absolute atomic E-state index is 0.0301. The van der Waals surface area contributed by atoms with Gasteiger partial charge in [0.1, 0.15) is 19.8 Å². The van der Waals surface area contributed by atoms with Crippen molar-refractivity contribution in [3.8, 4) is 0 Å². The van der Waals surface area contributed by atoms with E-state index in [2.05, 4.69) is 98.9 Å². The number of allylic oxidation sites excluding steroid dienone is 14. The highest BCUT2D eigenvalue weighted by molar-refractivity contribution is 7.47. The first-order valence-electron chi connectivity index (χ1n) is 27.8. The SMILES string of the molecule is CC/C=C\C/C=C\C/C=C\C/C=C\C/C=C\C/C=C\C/C=C\CCCCCCCCCCCCCCCC(=O)OC(COC(=O)CCCCCCCCCCCC)COP(=O)(O)OCC[N+](C)(C)C. The fraction of sp³-hybridized carbons (Fsp3) is 0.729. The maximum absolute atomic E-state index is 12.8. The van der Waals surface area contributed by atoms with Crippen LogP contribution in [0.15, 0.2) is 85.1 Å². The van der Waals surface area contributed by atoms with Gasteiger partial charge in [0.25, 0.3) is 0 Å². The van der Waals surface area contributed by atoms with E-state index in [1.165, 1.54) is 109 Å². The van der Waals surface area contributed by atoms with Crippen LogP contribution in [0, 0.1) is 0 Å². The second-order valence-electron chi connectivity index (χ2n) is 19.6. The van der Waals surface area contributed by atoms with Crippen molar-refractivity contribution in [2.75, 3.05) is 47.5 Å². The number of likely N-dealkylation sites (N-methyl/N-ethyl adjacent to an activating group) is 1. The van der Waals surface area contributed by atoms with Crippen molar-refractivity contribution in [3.05, 3.63) is 85.1 Å². The molecule has 0 aromatic carbocycles. The standard InChI is InChI=1S/C59H104NO8P/c1-6-8-10-12-14-16-18-19-20-21-22-23-24-25-26-27-28-29-30-31-32-33-34-35-36-37-38-39-40-41-42-44-46-48-50-52-59(62)68-57(56-67-69(63,64)66-54-53-60(3,4)5)55-65-58(61)51-49-47-45-43-17-15-13-11-9-7-2/h8,10,14,16,19-20,22-23,25-26,28-29,31-32,57H,6-7,9,11-13,15,17-18,21,24,27,30,33-56H2,1-5H3/p+1/b10-8-,16-14-,20-19-,23-22-,26-25-,29-28-,32-31-. The van der Waals surface area contributed by atoms with E-state index in [-0.39, 0.29) is 32.0 Å². The van der Waals surface area contributed by atoms with E-state index < -0.39 is 26.5 Å². The molecule has 2 atom stereocenters. The maximum atomic E-state index is 12.8. The Morgan fingerprint density at radius 1 is 0.464 bits per heavy atom. The first-order valence-corrected chi connectivity index (χ1v) is 29.3. The van der Waals surface area contributed by atoms with E-state index in [9.17, 15) is 19.0 Å². The zero-order valence-electron chi connectivity index (χ0n) is 45.0. The second kappa shape index (κ2) is 50.1. The summed E-state index contributed by atoms with van der Waals surface area (Å²) in [6.45, 7) is 4.30. The number of hydrogen-bond acceptors (Lipinski definition) is 7. The monoisotopic (exact) mass is 987 g/mol. The van der Waals surface area contributed by atoms with Crippen LogP contribution in [-0.2, 0) is 32.7 Å². The molecule has 0 aromatic rings. The van der Waals surface area contributed by atoms with Gasteiger partial charge in [-0.2, -0.15) is 0 Å². The summed E-state index contributed by atoms with van der Waals surface area (Å²) in [5, 5.41) is 0. The Bertz CT molecular complexity index is 1440. The molecule has 0 aromatic heterocycles. The van der Waals surface area contributed by atoms with Crippen LogP contribution in [-0.4, -0.2) is 74.9 Å². The van der Waals surface area contributed by atoms with Gasteiger partial charge in [-0.1, -0.05) is 227 Å². The Morgan fingerprint density at radius 2 is 0.826 bits per heavy atom. The number of quaternary nitrogens is 1. The number of ether oxygens (including phenoxy) is 2. The van der Waals surface area contributed by atoms with Crippen LogP contribution >= 0.6 is 7.82 Å². The molecular weight excluding hydrogens is 882 g/mol. The number of carbonyl (C=O) groups excluding carboxylic acids is 2. The van der Waals surface area contributed by atoms with Gasteiger partial charge in [0.05, 0.1) is 27.7 Å². The van der Waals surface area contributed by atoms with Crippen molar-refractivity contribution >= 4 is 19.8 Å². The van der Waals surface area contributed by atoms with Crippen molar-refractivity contribution in [1.29, 1.82) is 0 Å². The summed E-state index contributed by atoms with van der Waals surface area (Å²) in [7, 11) is 1.47. The Kier molecular flexibility index (Phi) is 48.1. The molecule has 0 fully saturated rings. The third kappa shape index (κ3) is 54.4. The fourth-order valence-corrected chi connectivity index (χ4v) is 8.15. The Balaban J connectivity index is 4.03. The van der Waals surface area contributed by atoms with Gasteiger partial charge in [-0.05, 0) is 70.6 Å². The van der Waals surface area contributed by atoms with Gasteiger partial charge in [-0.15, -0.1) is 0 Å². The number of phosphoric acid groups is 1. The van der Waals surface area contributed by atoms with Crippen LogP contribution in [0.5, 0.6) is 0 Å². The fourth-order valence-electron chi connectivity index (χ4n) is 7.41. The number of nitrogens with zero attached hydrogens (tertiary/aromatic N) is 1. The van der Waals surface area contributed by atoms with Crippen LogP contribution in [0.4, 0.5) is 0 Å². The Labute approximate surface area is 424 Å². The molecule has 0 aliphatic rings. The summed E-state index contributed by atoms with van der Waals surface area (Å²) in [6.07, 6.45) is 66.6. The van der Waals surface area contributed by atoms with Crippen molar-refractivity contribution < 1.29 is 42.1 Å². The van der Waals surface area contributed by atoms with Gasteiger partial charge in [0, 0.05) is 12.8 Å². The molecule has 0 spiro atoms.